The molecule has 2 atom stereocenters. The Balaban J connectivity index is 2.12. The van der Waals surface area contributed by atoms with Crippen molar-refractivity contribution in [3.63, 3.8) is 0 Å². The highest BCUT2D eigenvalue weighted by molar-refractivity contribution is 7.80. The molecule has 5 nitrogen and oxygen atoms in total. The van der Waals surface area contributed by atoms with Crippen molar-refractivity contribution < 1.29 is 9.47 Å². The summed E-state index contributed by atoms with van der Waals surface area (Å²) >= 11 is 4.94. The maximum absolute atomic E-state index is 5.85. The molecule has 2 unspecified atom stereocenters. The van der Waals surface area contributed by atoms with Gasteiger partial charge in [0.1, 0.15) is 16.8 Å². The van der Waals surface area contributed by atoms with E-state index in [4.69, 9.17) is 27.4 Å². The number of thiocarbonyl (C=S) groups is 1. The molecule has 0 spiro atoms. The fourth-order valence-corrected chi connectivity index (χ4v) is 2.41. The summed E-state index contributed by atoms with van der Waals surface area (Å²) in [5, 5.41) is 0. The van der Waals surface area contributed by atoms with E-state index in [0.29, 0.717) is 11.7 Å². The zero-order chi connectivity index (χ0) is 14.0. The topological polar surface area (TPSA) is 70.3 Å². The Hall–Kier alpha value is -1.27. The van der Waals surface area contributed by atoms with Crippen molar-refractivity contribution in [1.29, 1.82) is 0 Å². The Morgan fingerprint density at radius 1 is 1.37 bits per heavy atom. The van der Waals surface area contributed by atoms with Crippen LogP contribution in [0.4, 0.5) is 0 Å². The van der Waals surface area contributed by atoms with Crippen molar-refractivity contribution in [2.24, 2.45) is 5.73 Å². The van der Waals surface area contributed by atoms with E-state index >= 15 is 0 Å². The van der Waals surface area contributed by atoms with Crippen molar-refractivity contribution in [3.8, 4) is 6.01 Å². The average Bonchev–Trinajstić information content (AvgIpc) is 2.26. The minimum Gasteiger partial charge on any atom is -0.460 e. The van der Waals surface area contributed by atoms with Gasteiger partial charge in [0.25, 0.3) is 0 Å². The predicted octanol–water partition coefficient (Wildman–Crippen LogP) is 1.75. The molecule has 1 aliphatic rings. The SMILES string of the molecule is Cc1cc(C(N)=S)nc(OC2CC(C)OC(C)C2)n1. The summed E-state index contributed by atoms with van der Waals surface area (Å²) < 4.78 is 11.5. The summed E-state index contributed by atoms with van der Waals surface area (Å²) in [6.45, 7) is 5.96. The van der Waals surface area contributed by atoms with Crippen LogP contribution in [0.1, 0.15) is 38.1 Å². The van der Waals surface area contributed by atoms with Crippen molar-refractivity contribution in [1.82, 2.24) is 9.97 Å². The van der Waals surface area contributed by atoms with E-state index in [1.807, 2.05) is 20.8 Å². The van der Waals surface area contributed by atoms with Gasteiger partial charge < -0.3 is 15.2 Å². The third-order valence-electron chi connectivity index (χ3n) is 3.01. The van der Waals surface area contributed by atoms with Crippen LogP contribution in [0.25, 0.3) is 0 Å². The van der Waals surface area contributed by atoms with E-state index in [1.54, 1.807) is 6.07 Å². The largest absolute Gasteiger partial charge is 0.460 e. The molecular formula is C13H19N3O2S. The molecule has 1 fully saturated rings. The number of ether oxygens (including phenoxy) is 2. The van der Waals surface area contributed by atoms with Gasteiger partial charge in [0, 0.05) is 18.5 Å². The van der Waals surface area contributed by atoms with Crippen molar-refractivity contribution >= 4 is 17.2 Å². The Kier molecular flexibility index (Phi) is 4.31. The zero-order valence-corrected chi connectivity index (χ0v) is 12.2. The normalized spacial score (nSPS) is 27.0. The van der Waals surface area contributed by atoms with Gasteiger partial charge in [-0.1, -0.05) is 12.2 Å². The number of nitrogens with two attached hydrogens (primary N) is 1. The van der Waals surface area contributed by atoms with Gasteiger partial charge in [-0.05, 0) is 26.8 Å². The highest BCUT2D eigenvalue weighted by Gasteiger charge is 2.26. The first-order valence-electron chi connectivity index (χ1n) is 6.41. The maximum Gasteiger partial charge on any atom is 0.317 e. The molecule has 0 saturated carbocycles. The van der Waals surface area contributed by atoms with E-state index in [2.05, 4.69) is 9.97 Å². The molecule has 0 aromatic carbocycles. The molecule has 6 heteroatoms. The first kappa shape index (κ1) is 14.1. The second kappa shape index (κ2) is 5.79. The zero-order valence-electron chi connectivity index (χ0n) is 11.4. The fraction of sp³-hybridized carbons (Fsp3) is 0.615. The van der Waals surface area contributed by atoms with Crippen LogP contribution in [0.3, 0.4) is 0 Å². The molecular weight excluding hydrogens is 262 g/mol. The van der Waals surface area contributed by atoms with Crippen molar-refractivity contribution in [2.75, 3.05) is 0 Å². The maximum atomic E-state index is 5.85. The van der Waals surface area contributed by atoms with Crippen LogP contribution in [0, 0.1) is 6.92 Å². The lowest BCUT2D eigenvalue weighted by atomic mass is 10.0. The number of hydrogen-bond donors (Lipinski definition) is 1. The molecule has 1 aliphatic heterocycles. The number of aryl methyl sites for hydroxylation is 1. The third-order valence-corrected chi connectivity index (χ3v) is 3.22. The first-order valence-corrected chi connectivity index (χ1v) is 6.82. The molecule has 1 aromatic heterocycles. The highest BCUT2D eigenvalue weighted by Crippen LogP contribution is 2.22. The second-order valence-electron chi connectivity index (χ2n) is 5.01. The van der Waals surface area contributed by atoms with Crippen LogP contribution in [-0.4, -0.2) is 33.3 Å². The summed E-state index contributed by atoms with van der Waals surface area (Å²) in [5.41, 5.74) is 6.93. The van der Waals surface area contributed by atoms with Gasteiger partial charge in [-0.3, -0.25) is 0 Å². The molecule has 0 amide bonds. The van der Waals surface area contributed by atoms with Gasteiger partial charge >= 0.3 is 6.01 Å². The lowest BCUT2D eigenvalue weighted by Crippen LogP contribution is -2.36. The predicted molar refractivity (Wildman–Crippen MR) is 76.3 cm³/mol. The van der Waals surface area contributed by atoms with Crippen LogP contribution in [0.5, 0.6) is 6.01 Å². The highest BCUT2D eigenvalue weighted by atomic mass is 32.1. The van der Waals surface area contributed by atoms with E-state index in [9.17, 15) is 0 Å². The molecule has 2 N–H and O–H groups in total. The number of nitrogens with zero attached hydrogens (tertiary/aromatic N) is 2. The smallest absolute Gasteiger partial charge is 0.317 e. The minimum atomic E-state index is 0.0692. The van der Waals surface area contributed by atoms with Crippen LogP contribution in [0.15, 0.2) is 6.07 Å². The molecule has 104 valence electrons. The van der Waals surface area contributed by atoms with Crippen molar-refractivity contribution in [3.05, 3.63) is 17.5 Å². The van der Waals surface area contributed by atoms with Gasteiger partial charge in [0.15, 0.2) is 0 Å². The minimum absolute atomic E-state index is 0.0692. The lowest BCUT2D eigenvalue weighted by molar-refractivity contribution is -0.0739. The van der Waals surface area contributed by atoms with Crippen LogP contribution < -0.4 is 10.5 Å². The molecule has 0 bridgehead atoms. The number of aromatic nitrogens is 2. The van der Waals surface area contributed by atoms with Crippen LogP contribution in [0.2, 0.25) is 0 Å². The van der Waals surface area contributed by atoms with Gasteiger partial charge in [-0.15, -0.1) is 0 Å². The molecule has 0 aliphatic carbocycles. The van der Waals surface area contributed by atoms with Gasteiger partial charge in [0.05, 0.1) is 12.2 Å². The summed E-state index contributed by atoms with van der Waals surface area (Å²) in [7, 11) is 0. The summed E-state index contributed by atoms with van der Waals surface area (Å²) in [6.07, 6.45) is 2.12. The average molecular weight is 281 g/mol. The molecule has 1 saturated heterocycles. The molecule has 2 heterocycles. The fourth-order valence-electron chi connectivity index (χ4n) is 2.31. The third kappa shape index (κ3) is 3.84. The first-order chi connectivity index (χ1) is 8.94. The molecule has 19 heavy (non-hydrogen) atoms. The monoisotopic (exact) mass is 281 g/mol. The van der Waals surface area contributed by atoms with Crippen molar-refractivity contribution in [2.45, 2.75) is 51.9 Å². The molecule has 0 radical (unpaired) electrons. The number of rotatable bonds is 3. The standard InChI is InChI=1S/C13H19N3O2S/c1-7-4-11(12(14)19)16-13(15-7)18-10-5-8(2)17-9(3)6-10/h4,8-10H,5-6H2,1-3H3,(H2,14,19). The van der Waals surface area contributed by atoms with Gasteiger partial charge in [0.2, 0.25) is 0 Å². The quantitative estimate of drug-likeness (QED) is 0.851. The summed E-state index contributed by atoms with van der Waals surface area (Å²) in [6, 6.07) is 2.10. The summed E-state index contributed by atoms with van der Waals surface area (Å²) in [4.78, 5) is 8.76. The van der Waals surface area contributed by atoms with Gasteiger partial charge in [-0.2, -0.15) is 4.98 Å². The van der Waals surface area contributed by atoms with E-state index in [1.165, 1.54) is 0 Å². The lowest BCUT2D eigenvalue weighted by Gasteiger charge is -2.31. The molecule has 1 aromatic rings. The van der Waals surface area contributed by atoms with E-state index in [0.717, 1.165) is 18.5 Å². The van der Waals surface area contributed by atoms with Crippen LogP contribution in [-0.2, 0) is 4.74 Å². The number of hydrogen-bond acceptors (Lipinski definition) is 5. The Labute approximate surface area is 118 Å². The van der Waals surface area contributed by atoms with Crippen LogP contribution >= 0.6 is 12.2 Å². The second-order valence-corrected chi connectivity index (χ2v) is 5.45. The Morgan fingerprint density at radius 2 is 2.00 bits per heavy atom. The van der Waals surface area contributed by atoms with Gasteiger partial charge in [-0.25, -0.2) is 4.98 Å². The summed E-state index contributed by atoms with van der Waals surface area (Å²) in [5.74, 6) is 0. The Morgan fingerprint density at radius 3 is 2.58 bits per heavy atom. The molecule has 2 rings (SSSR count). The Bertz CT molecular complexity index is 471. The van der Waals surface area contributed by atoms with E-state index < -0.39 is 0 Å². The van der Waals surface area contributed by atoms with E-state index in [-0.39, 0.29) is 23.3 Å².